The van der Waals surface area contributed by atoms with Crippen LogP contribution < -0.4 is 10.6 Å². The van der Waals surface area contributed by atoms with Gasteiger partial charge in [-0.15, -0.1) is 0 Å². The van der Waals surface area contributed by atoms with Gasteiger partial charge in [-0.3, -0.25) is 9.78 Å². The van der Waals surface area contributed by atoms with Crippen molar-refractivity contribution in [3.63, 3.8) is 0 Å². The Morgan fingerprint density at radius 2 is 1.96 bits per heavy atom. The van der Waals surface area contributed by atoms with Crippen molar-refractivity contribution in [2.24, 2.45) is 0 Å². The fourth-order valence-electron chi connectivity index (χ4n) is 3.39. The van der Waals surface area contributed by atoms with Crippen LogP contribution in [0.15, 0.2) is 65.6 Å². The van der Waals surface area contributed by atoms with Gasteiger partial charge in [-0.1, -0.05) is 6.07 Å². The van der Waals surface area contributed by atoms with Crippen LogP contribution in [0.2, 0.25) is 0 Å². The van der Waals surface area contributed by atoms with Crippen molar-refractivity contribution in [3.8, 4) is 0 Å². The maximum Gasteiger partial charge on any atom is 0.322 e. The second-order valence-electron chi connectivity index (χ2n) is 6.61. The van der Waals surface area contributed by atoms with E-state index in [0.717, 1.165) is 19.4 Å². The van der Waals surface area contributed by atoms with Gasteiger partial charge < -0.3 is 15.5 Å². The molecule has 2 aromatic heterocycles. The number of aromatic nitrogens is 1. The summed E-state index contributed by atoms with van der Waals surface area (Å²) in [6.07, 6.45) is 5.11. The minimum atomic E-state index is -0.242. The summed E-state index contributed by atoms with van der Waals surface area (Å²) in [5.74, 6) is -0.242. The molecule has 3 amide bonds. The molecule has 6 nitrogen and oxygen atoms in total. The van der Waals surface area contributed by atoms with E-state index < -0.39 is 0 Å². The molecule has 0 saturated carbocycles. The standard InChI is InChI=1S/C21H20N4O2S/c26-20(15-4-2-9-22-13-15)23-17-5-1-6-18(12-17)24-21(27)25-10-3-7-19(25)16-8-11-28-14-16/h1-2,4-6,8-9,11-14,19H,3,7,10H2,(H,23,26)(H,24,27). The molecule has 4 rings (SSSR count). The number of pyridine rings is 1. The van der Waals surface area contributed by atoms with E-state index >= 15 is 0 Å². The summed E-state index contributed by atoms with van der Waals surface area (Å²) in [4.78, 5) is 30.9. The van der Waals surface area contributed by atoms with Crippen LogP contribution in [0.5, 0.6) is 0 Å². The molecule has 3 aromatic rings. The van der Waals surface area contributed by atoms with Crippen LogP contribution in [0, 0.1) is 0 Å². The van der Waals surface area contributed by atoms with Gasteiger partial charge in [0.25, 0.3) is 5.91 Å². The topological polar surface area (TPSA) is 74.3 Å². The molecule has 0 bridgehead atoms. The minimum absolute atomic E-state index is 0.121. The Balaban J connectivity index is 1.43. The molecule has 1 unspecified atom stereocenters. The van der Waals surface area contributed by atoms with Gasteiger partial charge in [-0.2, -0.15) is 11.3 Å². The lowest BCUT2D eigenvalue weighted by Gasteiger charge is -2.24. The lowest BCUT2D eigenvalue weighted by Crippen LogP contribution is -2.34. The molecule has 1 atom stereocenters. The van der Waals surface area contributed by atoms with Gasteiger partial charge in [-0.25, -0.2) is 4.79 Å². The minimum Gasteiger partial charge on any atom is -0.322 e. The average molecular weight is 392 g/mol. The number of hydrogen-bond acceptors (Lipinski definition) is 4. The van der Waals surface area contributed by atoms with Crippen LogP contribution in [0.1, 0.15) is 34.8 Å². The third-order valence-electron chi connectivity index (χ3n) is 4.74. The summed E-state index contributed by atoms with van der Waals surface area (Å²) in [6, 6.07) is 12.6. The monoisotopic (exact) mass is 392 g/mol. The van der Waals surface area contributed by atoms with Crippen molar-refractivity contribution >= 4 is 34.6 Å². The van der Waals surface area contributed by atoms with Crippen LogP contribution in [-0.2, 0) is 0 Å². The number of urea groups is 1. The molecule has 3 heterocycles. The first-order chi connectivity index (χ1) is 13.7. The number of hydrogen-bond donors (Lipinski definition) is 2. The van der Waals surface area contributed by atoms with E-state index in [1.807, 2.05) is 16.3 Å². The summed E-state index contributed by atoms with van der Waals surface area (Å²) in [5, 5.41) is 9.93. The molecule has 1 aromatic carbocycles. The van der Waals surface area contributed by atoms with Crippen molar-refractivity contribution in [1.29, 1.82) is 0 Å². The van der Waals surface area contributed by atoms with Crippen LogP contribution in [0.3, 0.4) is 0 Å². The smallest absolute Gasteiger partial charge is 0.322 e. The molecule has 0 spiro atoms. The number of nitrogens with one attached hydrogen (secondary N) is 2. The van der Waals surface area contributed by atoms with Gasteiger partial charge in [0.1, 0.15) is 0 Å². The quantitative estimate of drug-likeness (QED) is 0.672. The number of likely N-dealkylation sites (tertiary alicyclic amines) is 1. The Morgan fingerprint density at radius 1 is 1.11 bits per heavy atom. The molecule has 142 valence electrons. The first-order valence-electron chi connectivity index (χ1n) is 9.12. The molecule has 1 saturated heterocycles. The zero-order valence-electron chi connectivity index (χ0n) is 15.2. The molecular formula is C21H20N4O2S. The number of benzene rings is 1. The van der Waals surface area contributed by atoms with Gasteiger partial charge in [0.05, 0.1) is 11.6 Å². The van der Waals surface area contributed by atoms with Crippen LogP contribution in [0.25, 0.3) is 0 Å². The highest BCUT2D eigenvalue weighted by atomic mass is 32.1. The van der Waals surface area contributed by atoms with Crippen molar-refractivity contribution < 1.29 is 9.59 Å². The van der Waals surface area contributed by atoms with Crippen LogP contribution >= 0.6 is 11.3 Å². The van der Waals surface area contributed by atoms with E-state index in [1.165, 1.54) is 11.8 Å². The number of carbonyl (C=O) groups excluding carboxylic acids is 2. The highest BCUT2D eigenvalue weighted by Crippen LogP contribution is 2.33. The summed E-state index contributed by atoms with van der Waals surface area (Å²) >= 11 is 1.65. The molecule has 0 radical (unpaired) electrons. The maximum atomic E-state index is 12.8. The average Bonchev–Trinajstić information content (AvgIpc) is 3.40. The van der Waals surface area contributed by atoms with E-state index in [4.69, 9.17) is 0 Å². The van der Waals surface area contributed by atoms with E-state index in [9.17, 15) is 9.59 Å². The van der Waals surface area contributed by atoms with E-state index in [0.29, 0.717) is 16.9 Å². The third kappa shape index (κ3) is 4.04. The largest absolute Gasteiger partial charge is 0.322 e. The molecule has 2 N–H and O–H groups in total. The van der Waals surface area contributed by atoms with E-state index in [2.05, 4.69) is 27.1 Å². The normalized spacial score (nSPS) is 16.0. The van der Waals surface area contributed by atoms with Gasteiger partial charge in [0.15, 0.2) is 0 Å². The fraction of sp³-hybridized carbons (Fsp3) is 0.190. The van der Waals surface area contributed by atoms with Crippen LogP contribution in [0.4, 0.5) is 16.2 Å². The Bertz CT molecular complexity index is 960. The zero-order chi connectivity index (χ0) is 19.3. The highest BCUT2D eigenvalue weighted by molar-refractivity contribution is 7.08. The SMILES string of the molecule is O=C(Nc1cccc(NC(=O)N2CCCC2c2ccsc2)c1)c1cccnc1. The molecular weight excluding hydrogens is 372 g/mol. The summed E-state index contributed by atoms with van der Waals surface area (Å²) in [7, 11) is 0. The molecule has 0 aliphatic carbocycles. The van der Waals surface area contributed by atoms with Gasteiger partial charge in [0.2, 0.25) is 0 Å². The predicted molar refractivity (Wildman–Crippen MR) is 111 cm³/mol. The fourth-order valence-corrected chi connectivity index (χ4v) is 4.10. The Morgan fingerprint density at radius 3 is 2.71 bits per heavy atom. The van der Waals surface area contributed by atoms with Gasteiger partial charge in [0, 0.05) is 30.3 Å². The van der Waals surface area contributed by atoms with Crippen molar-refractivity contribution in [2.45, 2.75) is 18.9 Å². The third-order valence-corrected chi connectivity index (χ3v) is 5.44. The van der Waals surface area contributed by atoms with Gasteiger partial charge in [-0.05, 0) is 65.6 Å². The van der Waals surface area contributed by atoms with Crippen LogP contribution in [-0.4, -0.2) is 28.4 Å². The maximum absolute atomic E-state index is 12.8. The molecule has 1 aliphatic rings. The molecule has 28 heavy (non-hydrogen) atoms. The molecule has 1 fully saturated rings. The van der Waals surface area contributed by atoms with Crippen molar-refractivity contribution in [1.82, 2.24) is 9.88 Å². The Labute approximate surface area is 167 Å². The van der Waals surface area contributed by atoms with Crippen molar-refractivity contribution in [3.05, 3.63) is 76.7 Å². The lowest BCUT2D eigenvalue weighted by molar-refractivity contribution is 0.102. The first-order valence-corrected chi connectivity index (χ1v) is 10.1. The van der Waals surface area contributed by atoms with Gasteiger partial charge >= 0.3 is 6.03 Å². The first kappa shape index (κ1) is 18.2. The second-order valence-corrected chi connectivity index (χ2v) is 7.39. The lowest BCUT2D eigenvalue weighted by atomic mass is 10.1. The Hall–Kier alpha value is -3.19. The predicted octanol–water partition coefficient (Wildman–Crippen LogP) is 4.76. The van der Waals surface area contributed by atoms with E-state index in [-0.39, 0.29) is 18.0 Å². The number of rotatable bonds is 4. The zero-order valence-corrected chi connectivity index (χ0v) is 16.0. The number of nitrogens with zero attached hydrogens (tertiary/aromatic N) is 2. The number of thiophene rings is 1. The number of anilines is 2. The molecule has 1 aliphatic heterocycles. The summed E-state index contributed by atoms with van der Waals surface area (Å²) in [6.45, 7) is 0.740. The van der Waals surface area contributed by atoms with E-state index in [1.54, 1.807) is 47.9 Å². The Kier molecular flexibility index (Phi) is 5.34. The summed E-state index contributed by atoms with van der Waals surface area (Å²) < 4.78 is 0. The summed E-state index contributed by atoms with van der Waals surface area (Å²) in [5.41, 5.74) is 2.93. The second kappa shape index (κ2) is 8.22. The number of carbonyl (C=O) groups is 2. The highest BCUT2D eigenvalue weighted by Gasteiger charge is 2.30. The molecule has 7 heteroatoms. The van der Waals surface area contributed by atoms with Crippen molar-refractivity contribution in [2.75, 3.05) is 17.2 Å². The number of amides is 3.